The van der Waals surface area contributed by atoms with Gasteiger partial charge in [-0.2, -0.15) is 0 Å². The maximum atomic E-state index is 6.75. The normalized spacial score (nSPS) is 12.2. The lowest BCUT2D eigenvalue weighted by molar-refractivity contribution is 0.670. The maximum Gasteiger partial charge on any atom is 0.235 e. The van der Waals surface area contributed by atoms with Crippen molar-refractivity contribution in [1.29, 1.82) is 0 Å². The topological polar surface area (TPSA) is 48.8 Å². The van der Waals surface area contributed by atoms with Gasteiger partial charge in [0.15, 0.2) is 0 Å². The van der Waals surface area contributed by atoms with Gasteiger partial charge < -0.3 is 8.98 Å². The van der Waals surface area contributed by atoms with Crippen molar-refractivity contribution < 1.29 is 4.42 Å². The zero-order chi connectivity index (χ0) is 37.2. The number of nitrogens with zero attached hydrogens (tertiary/aromatic N) is 4. The van der Waals surface area contributed by atoms with Crippen molar-refractivity contribution in [2.45, 2.75) is 0 Å². The predicted octanol–water partition coefficient (Wildman–Crippen LogP) is 13.7. The molecule has 5 heteroatoms. The highest BCUT2D eigenvalue weighted by Gasteiger charge is 2.23. The van der Waals surface area contributed by atoms with Gasteiger partial charge in [-0.15, -0.1) is 0 Å². The minimum Gasteiger partial charge on any atom is -0.455 e. The predicted molar refractivity (Wildman–Crippen MR) is 236 cm³/mol. The number of hydrogen-bond acceptors (Lipinski definition) is 3. The minimum atomic E-state index is 0.612. The van der Waals surface area contributed by atoms with Crippen LogP contribution in [0, 0.1) is 0 Å². The highest BCUT2D eigenvalue weighted by Crippen LogP contribution is 2.44. The molecule has 0 radical (unpaired) electrons. The van der Waals surface area contributed by atoms with Crippen molar-refractivity contribution in [2.24, 2.45) is 0 Å². The first-order valence-electron chi connectivity index (χ1n) is 19.3. The van der Waals surface area contributed by atoms with Crippen molar-refractivity contribution in [3.8, 4) is 22.9 Å². The molecule has 13 aromatic rings. The molecule has 0 aliphatic carbocycles. The third kappa shape index (κ3) is 4.23. The Hall–Kier alpha value is -7.76. The van der Waals surface area contributed by atoms with Gasteiger partial charge in [0, 0.05) is 49.0 Å². The smallest absolute Gasteiger partial charge is 0.235 e. The number of rotatable bonds is 3. The van der Waals surface area contributed by atoms with Crippen molar-refractivity contribution in [1.82, 2.24) is 19.1 Å². The number of para-hydroxylation sites is 4. The van der Waals surface area contributed by atoms with E-state index in [1.54, 1.807) is 0 Å². The van der Waals surface area contributed by atoms with Crippen molar-refractivity contribution in [3.63, 3.8) is 0 Å². The van der Waals surface area contributed by atoms with Gasteiger partial charge in [-0.1, -0.05) is 127 Å². The highest BCUT2D eigenvalue weighted by molar-refractivity contribution is 6.24. The van der Waals surface area contributed by atoms with E-state index >= 15 is 0 Å². The van der Waals surface area contributed by atoms with E-state index in [2.05, 4.69) is 179 Å². The second kappa shape index (κ2) is 11.4. The van der Waals surface area contributed by atoms with Crippen LogP contribution in [0.1, 0.15) is 0 Å². The molecule has 0 saturated carbocycles. The summed E-state index contributed by atoms with van der Waals surface area (Å²) >= 11 is 0. The molecule has 4 aromatic heterocycles. The van der Waals surface area contributed by atoms with Gasteiger partial charge in [-0.25, -0.2) is 9.97 Å². The monoisotopic (exact) mass is 726 g/mol. The molecule has 4 heterocycles. The molecular weight excluding hydrogens is 697 g/mol. The van der Waals surface area contributed by atoms with Gasteiger partial charge in [0.05, 0.1) is 33.3 Å². The van der Waals surface area contributed by atoms with Crippen LogP contribution in [0.3, 0.4) is 0 Å². The van der Waals surface area contributed by atoms with Gasteiger partial charge in [-0.3, -0.25) is 4.57 Å². The molecule has 0 amide bonds. The molecule has 0 atom stereocenters. The van der Waals surface area contributed by atoms with E-state index in [4.69, 9.17) is 14.4 Å². The number of fused-ring (bicyclic) bond motifs is 14. The fraction of sp³-hybridized carbons (Fsp3) is 0. The highest BCUT2D eigenvalue weighted by atomic mass is 16.3. The molecule has 0 unspecified atom stereocenters. The second-order valence-electron chi connectivity index (χ2n) is 14.9. The average molecular weight is 727 g/mol. The summed E-state index contributed by atoms with van der Waals surface area (Å²) in [6, 6.07) is 64.7. The van der Waals surface area contributed by atoms with E-state index in [1.165, 1.54) is 38.0 Å². The Morgan fingerprint density at radius 3 is 1.77 bits per heavy atom. The van der Waals surface area contributed by atoms with Gasteiger partial charge in [-0.05, 0) is 76.1 Å². The van der Waals surface area contributed by atoms with E-state index in [0.717, 1.165) is 77.0 Å². The lowest BCUT2D eigenvalue weighted by Gasteiger charge is -2.13. The van der Waals surface area contributed by atoms with Crippen molar-refractivity contribution in [2.75, 3.05) is 0 Å². The first-order valence-corrected chi connectivity index (χ1v) is 19.3. The fourth-order valence-electron chi connectivity index (χ4n) is 9.45. The van der Waals surface area contributed by atoms with E-state index in [0.29, 0.717) is 5.95 Å². The Balaban J connectivity index is 1.14. The Bertz CT molecular complexity index is 3780. The van der Waals surface area contributed by atoms with Crippen molar-refractivity contribution >= 4 is 98.0 Å². The molecule has 0 bridgehead atoms. The third-order valence-electron chi connectivity index (χ3n) is 11.9. The quantitative estimate of drug-likeness (QED) is 0.182. The zero-order valence-corrected chi connectivity index (χ0v) is 30.5. The van der Waals surface area contributed by atoms with E-state index < -0.39 is 0 Å². The van der Waals surface area contributed by atoms with Crippen LogP contribution in [0.2, 0.25) is 0 Å². The molecule has 264 valence electrons. The molecule has 0 spiro atoms. The van der Waals surface area contributed by atoms with Crippen LogP contribution in [0.15, 0.2) is 186 Å². The summed E-state index contributed by atoms with van der Waals surface area (Å²) in [5, 5.41) is 12.6. The molecule has 0 aliphatic rings. The van der Waals surface area contributed by atoms with E-state index in [9.17, 15) is 0 Å². The summed E-state index contributed by atoms with van der Waals surface area (Å²) in [5.41, 5.74) is 9.90. The van der Waals surface area contributed by atoms with Crippen LogP contribution in [0.5, 0.6) is 0 Å². The summed E-state index contributed by atoms with van der Waals surface area (Å²) < 4.78 is 11.4. The third-order valence-corrected chi connectivity index (χ3v) is 11.9. The molecule has 57 heavy (non-hydrogen) atoms. The Kier molecular flexibility index (Phi) is 6.10. The first kappa shape index (κ1) is 30.6. The molecule has 0 fully saturated rings. The molecule has 5 nitrogen and oxygen atoms in total. The molecule has 0 N–H and O–H groups in total. The van der Waals surface area contributed by atoms with Gasteiger partial charge in [0.25, 0.3) is 0 Å². The molecule has 0 aliphatic heterocycles. The van der Waals surface area contributed by atoms with E-state index in [1.807, 2.05) is 12.1 Å². The van der Waals surface area contributed by atoms with Crippen LogP contribution >= 0.6 is 0 Å². The molecule has 0 saturated heterocycles. The second-order valence-corrected chi connectivity index (χ2v) is 14.9. The maximum absolute atomic E-state index is 6.75. The van der Waals surface area contributed by atoms with Crippen LogP contribution in [0.25, 0.3) is 121 Å². The average Bonchev–Trinajstić information content (AvgIpc) is 3.94. The number of hydrogen-bond donors (Lipinski definition) is 0. The number of benzene rings is 9. The summed E-state index contributed by atoms with van der Waals surface area (Å²) in [6.07, 6.45) is 0. The summed E-state index contributed by atoms with van der Waals surface area (Å²) in [6.45, 7) is 0. The summed E-state index contributed by atoms with van der Waals surface area (Å²) in [4.78, 5) is 10.9. The van der Waals surface area contributed by atoms with Crippen LogP contribution in [-0.4, -0.2) is 19.1 Å². The van der Waals surface area contributed by atoms with Gasteiger partial charge >= 0.3 is 0 Å². The molecule has 13 rings (SSSR count). The molecular formula is C52H30N4O. The minimum absolute atomic E-state index is 0.612. The Morgan fingerprint density at radius 1 is 0.386 bits per heavy atom. The summed E-state index contributed by atoms with van der Waals surface area (Å²) in [5.74, 6) is 0.612. The van der Waals surface area contributed by atoms with Crippen LogP contribution in [-0.2, 0) is 0 Å². The first-order chi connectivity index (χ1) is 28.3. The van der Waals surface area contributed by atoms with Crippen molar-refractivity contribution in [3.05, 3.63) is 182 Å². The molecule has 9 aromatic carbocycles. The largest absolute Gasteiger partial charge is 0.455 e. The Labute approximate surface area is 325 Å². The van der Waals surface area contributed by atoms with Crippen LogP contribution in [0.4, 0.5) is 0 Å². The number of furan rings is 1. The van der Waals surface area contributed by atoms with E-state index in [-0.39, 0.29) is 0 Å². The zero-order valence-electron chi connectivity index (χ0n) is 30.5. The van der Waals surface area contributed by atoms with Gasteiger partial charge in [0.2, 0.25) is 5.95 Å². The Morgan fingerprint density at radius 2 is 0.982 bits per heavy atom. The van der Waals surface area contributed by atoms with Gasteiger partial charge in [0.1, 0.15) is 11.2 Å². The SMILES string of the molecule is c1ccc2c(c1)cc(-c1nc(-n3c4ccc(-n5c6ccccc6c6ccccc65)cc4c4c5ccccc5ccc43)nc3ccccc13)c1oc3ccccc3c12. The lowest BCUT2D eigenvalue weighted by Crippen LogP contribution is -2.03. The fourth-order valence-corrected chi connectivity index (χ4v) is 9.45. The van der Waals surface area contributed by atoms with Crippen LogP contribution < -0.4 is 0 Å². The number of aromatic nitrogens is 4. The summed E-state index contributed by atoms with van der Waals surface area (Å²) in [7, 11) is 0. The lowest BCUT2D eigenvalue weighted by atomic mass is 9.97. The standard InChI is InChI=1S/C52H30N4O/c1-3-15-34-31(13-1)25-27-46-48(34)40-30-33(55-43-22-10-6-17-36(43)37-18-7-11-23-44(37)55)26-28-45(40)56(46)52-53-42-21-9-5-19-38(42)50(54-52)41-29-32-14-2-4-16-35(32)49-39-20-8-12-24-47(39)57-51(41)49/h1-30H.